The average molecular weight is 143 g/mol. The monoisotopic (exact) mass is 143 g/mol. The molecule has 1 rings (SSSR count). The van der Waals surface area contributed by atoms with E-state index in [-0.39, 0.29) is 4.75 Å². The smallest absolute Gasteiger partial charge is 0.180 e. The molecule has 0 atom stereocenters. The molecular formula is C6H9NOS. The molecule has 0 saturated carbocycles. The molecule has 0 unspecified atom stereocenters. The van der Waals surface area contributed by atoms with Crippen LogP contribution < -0.4 is 0 Å². The van der Waals surface area contributed by atoms with E-state index in [1.54, 1.807) is 6.20 Å². The number of nitrogens with zero attached hydrogens (tertiary/aromatic N) is 1. The number of hydrogen-bond acceptors (Lipinski definition) is 3. The summed E-state index contributed by atoms with van der Waals surface area (Å²) in [7, 11) is 0. The summed E-state index contributed by atoms with van der Waals surface area (Å²) in [4.78, 5) is 3.77. The maximum absolute atomic E-state index is 5.01. The van der Waals surface area contributed by atoms with Crippen LogP contribution in [-0.4, -0.2) is 4.98 Å². The van der Waals surface area contributed by atoms with Gasteiger partial charge in [-0.25, -0.2) is 4.98 Å². The summed E-state index contributed by atoms with van der Waals surface area (Å²) in [6, 6.07) is 0. The van der Waals surface area contributed by atoms with Crippen LogP contribution >= 0.6 is 12.6 Å². The van der Waals surface area contributed by atoms with Gasteiger partial charge in [0.2, 0.25) is 0 Å². The van der Waals surface area contributed by atoms with E-state index < -0.39 is 0 Å². The molecule has 0 bridgehead atoms. The summed E-state index contributed by atoms with van der Waals surface area (Å²) < 4.78 is 4.80. The zero-order valence-electron chi connectivity index (χ0n) is 5.46. The predicted molar refractivity (Wildman–Crippen MR) is 38.5 cm³/mol. The van der Waals surface area contributed by atoms with E-state index in [1.165, 1.54) is 6.39 Å². The van der Waals surface area contributed by atoms with Crippen LogP contribution in [0.25, 0.3) is 0 Å². The first-order valence-electron chi connectivity index (χ1n) is 2.72. The van der Waals surface area contributed by atoms with E-state index in [1.807, 2.05) is 13.8 Å². The van der Waals surface area contributed by atoms with E-state index in [0.717, 1.165) is 5.76 Å². The molecule has 3 heteroatoms. The Morgan fingerprint density at radius 3 is 2.56 bits per heavy atom. The van der Waals surface area contributed by atoms with Crippen molar-refractivity contribution in [1.82, 2.24) is 4.98 Å². The lowest BCUT2D eigenvalue weighted by molar-refractivity contribution is 0.466. The van der Waals surface area contributed by atoms with Crippen molar-refractivity contribution in [2.75, 3.05) is 0 Å². The number of oxazole rings is 1. The highest BCUT2D eigenvalue weighted by atomic mass is 32.1. The molecule has 0 aliphatic rings. The third kappa shape index (κ3) is 1.48. The third-order valence-corrected chi connectivity index (χ3v) is 1.26. The first-order valence-corrected chi connectivity index (χ1v) is 3.17. The highest BCUT2D eigenvalue weighted by Crippen LogP contribution is 2.25. The van der Waals surface area contributed by atoms with Crippen molar-refractivity contribution in [2.24, 2.45) is 0 Å². The highest BCUT2D eigenvalue weighted by Gasteiger charge is 2.17. The number of hydrogen-bond donors (Lipinski definition) is 1. The van der Waals surface area contributed by atoms with Crippen molar-refractivity contribution in [2.45, 2.75) is 18.6 Å². The van der Waals surface area contributed by atoms with Gasteiger partial charge in [-0.3, -0.25) is 0 Å². The Hall–Kier alpha value is -0.440. The zero-order valence-corrected chi connectivity index (χ0v) is 6.35. The largest absolute Gasteiger partial charge is 0.447 e. The van der Waals surface area contributed by atoms with Gasteiger partial charge in [0.25, 0.3) is 0 Å². The third-order valence-electron chi connectivity index (χ3n) is 1.04. The molecule has 1 heterocycles. The Bertz CT molecular complexity index is 175. The van der Waals surface area contributed by atoms with Crippen molar-refractivity contribution in [1.29, 1.82) is 0 Å². The SMILES string of the molecule is CC(C)(S)c1cnco1. The summed E-state index contributed by atoms with van der Waals surface area (Å²) >= 11 is 4.28. The van der Waals surface area contributed by atoms with E-state index in [2.05, 4.69) is 17.6 Å². The van der Waals surface area contributed by atoms with Crippen LogP contribution in [0.15, 0.2) is 17.0 Å². The number of thiol groups is 1. The molecule has 0 spiro atoms. The molecule has 9 heavy (non-hydrogen) atoms. The molecule has 0 radical (unpaired) electrons. The molecule has 1 aromatic rings. The lowest BCUT2D eigenvalue weighted by Gasteiger charge is -2.11. The van der Waals surface area contributed by atoms with Gasteiger partial charge in [-0.1, -0.05) is 0 Å². The minimum Gasteiger partial charge on any atom is -0.447 e. The molecule has 0 aromatic carbocycles. The van der Waals surface area contributed by atoms with Crippen LogP contribution in [0, 0.1) is 0 Å². The highest BCUT2D eigenvalue weighted by molar-refractivity contribution is 7.81. The second-order valence-electron chi connectivity index (χ2n) is 2.42. The quantitative estimate of drug-likeness (QED) is 0.607. The van der Waals surface area contributed by atoms with Gasteiger partial charge in [0, 0.05) is 0 Å². The van der Waals surface area contributed by atoms with E-state index >= 15 is 0 Å². The van der Waals surface area contributed by atoms with Crippen LogP contribution in [0.1, 0.15) is 19.6 Å². The fourth-order valence-corrected chi connectivity index (χ4v) is 0.628. The van der Waals surface area contributed by atoms with E-state index in [4.69, 9.17) is 4.42 Å². The molecule has 0 aliphatic carbocycles. The summed E-state index contributed by atoms with van der Waals surface area (Å²) in [6.45, 7) is 3.91. The van der Waals surface area contributed by atoms with Crippen LogP contribution in [0.2, 0.25) is 0 Å². The van der Waals surface area contributed by atoms with Gasteiger partial charge in [0.15, 0.2) is 6.39 Å². The van der Waals surface area contributed by atoms with Crippen LogP contribution in [0.3, 0.4) is 0 Å². The lowest BCUT2D eigenvalue weighted by atomic mass is 10.2. The van der Waals surface area contributed by atoms with E-state index in [9.17, 15) is 0 Å². The molecule has 0 saturated heterocycles. The van der Waals surface area contributed by atoms with Crippen molar-refractivity contribution < 1.29 is 4.42 Å². The maximum Gasteiger partial charge on any atom is 0.180 e. The van der Waals surface area contributed by atoms with Gasteiger partial charge >= 0.3 is 0 Å². The van der Waals surface area contributed by atoms with E-state index in [0.29, 0.717) is 0 Å². The fraction of sp³-hybridized carbons (Fsp3) is 0.500. The predicted octanol–water partition coefficient (Wildman–Crippen LogP) is 1.84. The fourth-order valence-electron chi connectivity index (χ4n) is 0.518. The minimum atomic E-state index is -0.212. The van der Waals surface area contributed by atoms with Gasteiger partial charge in [-0.2, -0.15) is 12.6 Å². The second kappa shape index (κ2) is 2.06. The van der Waals surface area contributed by atoms with Gasteiger partial charge in [-0.15, -0.1) is 0 Å². The Morgan fingerprint density at radius 1 is 1.67 bits per heavy atom. The molecule has 2 nitrogen and oxygen atoms in total. The Labute approximate surface area is 59.7 Å². The number of rotatable bonds is 1. The standard InChI is InChI=1S/C6H9NOS/c1-6(2,9)5-3-7-4-8-5/h3-4,9H,1-2H3. The van der Waals surface area contributed by atoms with Crippen LogP contribution in [0.4, 0.5) is 0 Å². The lowest BCUT2D eigenvalue weighted by Crippen LogP contribution is -2.05. The Kier molecular flexibility index (Phi) is 1.53. The summed E-state index contributed by atoms with van der Waals surface area (Å²) in [5.41, 5.74) is 0. The molecule has 50 valence electrons. The molecular weight excluding hydrogens is 134 g/mol. The average Bonchev–Trinajstić information content (AvgIpc) is 2.08. The Morgan fingerprint density at radius 2 is 2.33 bits per heavy atom. The van der Waals surface area contributed by atoms with Gasteiger partial charge in [0.1, 0.15) is 5.76 Å². The first-order chi connectivity index (χ1) is 4.11. The normalized spacial score (nSPS) is 11.9. The van der Waals surface area contributed by atoms with Crippen LogP contribution in [0.5, 0.6) is 0 Å². The molecule has 0 fully saturated rings. The van der Waals surface area contributed by atoms with Crippen molar-refractivity contribution in [3.05, 3.63) is 18.4 Å². The zero-order chi connectivity index (χ0) is 6.91. The van der Waals surface area contributed by atoms with Crippen molar-refractivity contribution in [3.63, 3.8) is 0 Å². The number of aromatic nitrogens is 1. The molecule has 1 aromatic heterocycles. The summed E-state index contributed by atoms with van der Waals surface area (Å²) in [5.74, 6) is 0.797. The Balaban J connectivity index is 2.90. The van der Waals surface area contributed by atoms with Gasteiger partial charge in [0.05, 0.1) is 10.9 Å². The summed E-state index contributed by atoms with van der Waals surface area (Å²) in [5, 5.41) is 0. The van der Waals surface area contributed by atoms with Crippen LogP contribution in [-0.2, 0) is 4.75 Å². The minimum absolute atomic E-state index is 0.212. The van der Waals surface area contributed by atoms with Gasteiger partial charge < -0.3 is 4.42 Å². The second-order valence-corrected chi connectivity index (χ2v) is 3.54. The maximum atomic E-state index is 5.01. The molecule has 0 N–H and O–H groups in total. The van der Waals surface area contributed by atoms with Crippen molar-refractivity contribution >= 4 is 12.6 Å². The molecule has 0 aliphatic heterocycles. The topological polar surface area (TPSA) is 26.0 Å². The van der Waals surface area contributed by atoms with Crippen molar-refractivity contribution in [3.8, 4) is 0 Å². The first kappa shape index (κ1) is 6.68. The van der Waals surface area contributed by atoms with Gasteiger partial charge in [-0.05, 0) is 13.8 Å². The molecule has 0 amide bonds. The summed E-state index contributed by atoms with van der Waals surface area (Å²) in [6.07, 6.45) is 3.08.